The third kappa shape index (κ3) is 4.36. The van der Waals surface area contributed by atoms with Gasteiger partial charge in [0.2, 0.25) is 5.91 Å². The average Bonchev–Trinajstić information content (AvgIpc) is 3.32. The van der Waals surface area contributed by atoms with Crippen molar-refractivity contribution in [2.24, 2.45) is 0 Å². The molecule has 2 fully saturated rings. The van der Waals surface area contributed by atoms with Gasteiger partial charge >= 0.3 is 6.03 Å². The number of imide groups is 1. The Balaban J connectivity index is 1.77. The van der Waals surface area contributed by atoms with Crippen LogP contribution in [0.25, 0.3) is 0 Å². The molecule has 0 radical (unpaired) electrons. The van der Waals surface area contributed by atoms with Crippen molar-refractivity contribution in [3.63, 3.8) is 0 Å². The SMILES string of the molecule is CCCNCC(=O)N1C[C@@H](c2ccc(C#N)cc2)[C@]2(C1)C(=O)N(c1cc(Cl)cc(Cl)c1)C(=O)N2C. The number of anilines is 1. The standard InChI is InChI=1S/C25H25Cl2N5O3/c1-3-8-29-13-22(33)31-14-21(17-6-4-16(12-28)5-7-17)25(15-31)23(34)32(24(35)30(25)2)20-10-18(26)9-19(27)11-20/h4-7,9-11,21,29H,3,8,13-15H2,1-2H3/t21-,25+/m0/s1. The summed E-state index contributed by atoms with van der Waals surface area (Å²) >= 11 is 12.3. The maximum Gasteiger partial charge on any atom is 0.332 e. The van der Waals surface area contributed by atoms with E-state index in [4.69, 9.17) is 23.2 Å². The van der Waals surface area contributed by atoms with Crippen LogP contribution in [-0.4, -0.2) is 66.4 Å². The first kappa shape index (κ1) is 25.0. The monoisotopic (exact) mass is 513 g/mol. The van der Waals surface area contributed by atoms with Crippen molar-refractivity contribution in [1.29, 1.82) is 5.26 Å². The van der Waals surface area contributed by atoms with Crippen molar-refractivity contribution in [3.05, 3.63) is 63.6 Å². The van der Waals surface area contributed by atoms with Gasteiger partial charge < -0.3 is 15.1 Å². The van der Waals surface area contributed by atoms with Crippen LogP contribution >= 0.6 is 23.2 Å². The molecule has 0 aromatic heterocycles. The molecule has 2 aliphatic rings. The highest BCUT2D eigenvalue weighted by Crippen LogP contribution is 2.46. The number of amides is 4. The summed E-state index contributed by atoms with van der Waals surface area (Å²) in [5.41, 5.74) is 0.198. The summed E-state index contributed by atoms with van der Waals surface area (Å²) in [5.74, 6) is -1.09. The van der Waals surface area contributed by atoms with E-state index >= 15 is 0 Å². The average molecular weight is 514 g/mol. The first-order chi connectivity index (χ1) is 16.7. The second kappa shape index (κ2) is 9.86. The van der Waals surface area contributed by atoms with Crippen LogP contribution in [0.5, 0.6) is 0 Å². The number of carbonyl (C=O) groups excluding carboxylic acids is 3. The van der Waals surface area contributed by atoms with Gasteiger partial charge in [-0.3, -0.25) is 9.59 Å². The van der Waals surface area contributed by atoms with E-state index in [-0.39, 0.29) is 31.2 Å². The smallest absolute Gasteiger partial charge is 0.332 e. The number of nitrogens with one attached hydrogen (secondary N) is 1. The van der Waals surface area contributed by atoms with E-state index in [0.717, 1.165) is 16.9 Å². The molecular weight excluding hydrogens is 489 g/mol. The molecule has 10 heteroatoms. The van der Waals surface area contributed by atoms with Gasteiger partial charge in [0.1, 0.15) is 5.54 Å². The molecule has 0 aliphatic carbocycles. The fraction of sp³-hybridized carbons (Fsp3) is 0.360. The Morgan fingerprint density at radius 1 is 1.17 bits per heavy atom. The van der Waals surface area contributed by atoms with Gasteiger partial charge in [0.25, 0.3) is 5.91 Å². The molecule has 2 aliphatic heterocycles. The van der Waals surface area contributed by atoms with Crippen molar-refractivity contribution in [2.75, 3.05) is 38.1 Å². The summed E-state index contributed by atoms with van der Waals surface area (Å²) in [6, 6.07) is 13.0. The summed E-state index contributed by atoms with van der Waals surface area (Å²) in [6.07, 6.45) is 0.887. The largest absolute Gasteiger partial charge is 0.338 e. The highest BCUT2D eigenvalue weighted by Gasteiger charge is 2.64. The van der Waals surface area contributed by atoms with E-state index < -0.39 is 23.4 Å². The fourth-order valence-corrected chi connectivity index (χ4v) is 5.39. The van der Waals surface area contributed by atoms with Crippen LogP contribution in [0.2, 0.25) is 10.0 Å². The van der Waals surface area contributed by atoms with E-state index in [1.165, 1.54) is 23.1 Å². The number of hydrogen-bond acceptors (Lipinski definition) is 5. The van der Waals surface area contributed by atoms with Crippen LogP contribution in [0.15, 0.2) is 42.5 Å². The number of nitrogens with zero attached hydrogens (tertiary/aromatic N) is 4. The lowest BCUT2D eigenvalue weighted by Gasteiger charge is -2.33. The van der Waals surface area contributed by atoms with Gasteiger partial charge in [-0.1, -0.05) is 42.3 Å². The number of nitriles is 1. The van der Waals surface area contributed by atoms with Gasteiger partial charge in [-0.15, -0.1) is 0 Å². The molecule has 182 valence electrons. The van der Waals surface area contributed by atoms with Crippen molar-refractivity contribution < 1.29 is 14.4 Å². The number of carbonyl (C=O) groups is 3. The van der Waals surface area contributed by atoms with Crippen molar-refractivity contribution >= 4 is 46.7 Å². The summed E-state index contributed by atoms with van der Waals surface area (Å²) in [7, 11) is 1.58. The second-order valence-corrected chi connectivity index (χ2v) is 9.64. The predicted octanol–water partition coefficient (Wildman–Crippen LogP) is 3.63. The molecule has 4 amide bonds. The maximum absolute atomic E-state index is 14.1. The van der Waals surface area contributed by atoms with Crippen molar-refractivity contribution in [3.8, 4) is 6.07 Å². The molecule has 2 heterocycles. The number of likely N-dealkylation sites (N-methyl/N-ethyl adjacent to an activating group) is 1. The van der Waals surface area contributed by atoms with Crippen LogP contribution in [0.3, 0.4) is 0 Å². The highest BCUT2D eigenvalue weighted by molar-refractivity contribution is 6.35. The molecule has 0 saturated carbocycles. The van der Waals surface area contributed by atoms with E-state index in [1.54, 1.807) is 36.2 Å². The Bertz CT molecular complexity index is 1190. The van der Waals surface area contributed by atoms with Crippen LogP contribution < -0.4 is 10.2 Å². The number of halogens is 2. The molecule has 4 rings (SSSR count). The van der Waals surface area contributed by atoms with Gasteiger partial charge in [-0.05, 0) is 48.9 Å². The number of rotatable bonds is 6. The first-order valence-corrected chi connectivity index (χ1v) is 12.1. The number of benzene rings is 2. The van der Waals surface area contributed by atoms with Crippen LogP contribution in [0, 0.1) is 11.3 Å². The molecule has 8 nitrogen and oxygen atoms in total. The van der Waals surface area contributed by atoms with E-state index in [0.29, 0.717) is 22.2 Å². The van der Waals surface area contributed by atoms with Crippen molar-refractivity contribution in [2.45, 2.75) is 24.8 Å². The predicted molar refractivity (Wildman–Crippen MR) is 133 cm³/mol. The van der Waals surface area contributed by atoms with E-state index in [9.17, 15) is 19.6 Å². The minimum Gasteiger partial charge on any atom is -0.338 e. The summed E-state index contributed by atoms with van der Waals surface area (Å²) in [5, 5.41) is 12.9. The highest BCUT2D eigenvalue weighted by atomic mass is 35.5. The minimum absolute atomic E-state index is 0.0518. The molecular formula is C25H25Cl2N5O3. The summed E-state index contributed by atoms with van der Waals surface area (Å²) in [4.78, 5) is 44.7. The second-order valence-electron chi connectivity index (χ2n) is 8.77. The van der Waals surface area contributed by atoms with Gasteiger partial charge in [-0.2, -0.15) is 5.26 Å². The number of likely N-dealkylation sites (tertiary alicyclic amines) is 1. The zero-order chi connectivity index (χ0) is 25.3. The molecule has 35 heavy (non-hydrogen) atoms. The molecule has 2 aromatic carbocycles. The minimum atomic E-state index is -1.32. The Kier molecular flexibility index (Phi) is 7.04. The van der Waals surface area contributed by atoms with E-state index in [1.807, 2.05) is 6.92 Å². The topological polar surface area (TPSA) is 96.7 Å². The number of urea groups is 1. The van der Waals surface area contributed by atoms with Crippen LogP contribution in [-0.2, 0) is 9.59 Å². The molecule has 2 atom stereocenters. The lowest BCUT2D eigenvalue weighted by Crippen LogP contribution is -2.54. The Labute approximate surface area is 214 Å². The normalized spacial score (nSPS) is 21.8. The third-order valence-electron chi connectivity index (χ3n) is 6.66. The summed E-state index contributed by atoms with van der Waals surface area (Å²) in [6.45, 7) is 3.16. The maximum atomic E-state index is 14.1. The van der Waals surface area contributed by atoms with E-state index in [2.05, 4.69) is 11.4 Å². The van der Waals surface area contributed by atoms with Crippen LogP contribution in [0.4, 0.5) is 10.5 Å². The zero-order valence-corrected chi connectivity index (χ0v) is 20.9. The molecule has 2 saturated heterocycles. The van der Waals surface area contributed by atoms with Crippen LogP contribution in [0.1, 0.15) is 30.4 Å². The zero-order valence-electron chi connectivity index (χ0n) is 19.4. The quantitative estimate of drug-likeness (QED) is 0.469. The first-order valence-electron chi connectivity index (χ1n) is 11.3. The molecule has 0 bridgehead atoms. The lowest BCUT2D eigenvalue weighted by atomic mass is 9.80. The number of hydrogen-bond donors (Lipinski definition) is 1. The molecule has 0 unspecified atom stereocenters. The lowest BCUT2D eigenvalue weighted by molar-refractivity contribution is -0.130. The Morgan fingerprint density at radius 2 is 1.83 bits per heavy atom. The van der Waals surface area contributed by atoms with Crippen molar-refractivity contribution in [1.82, 2.24) is 15.1 Å². The fourth-order valence-electron chi connectivity index (χ4n) is 4.88. The third-order valence-corrected chi connectivity index (χ3v) is 7.10. The van der Waals surface area contributed by atoms with Gasteiger partial charge in [-0.25, -0.2) is 9.69 Å². The molecule has 1 N–H and O–H groups in total. The molecule has 1 spiro atoms. The summed E-state index contributed by atoms with van der Waals surface area (Å²) < 4.78 is 0. The van der Waals surface area contributed by atoms with Gasteiger partial charge in [0.15, 0.2) is 0 Å². The Morgan fingerprint density at radius 3 is 2.43 bits per heavy atom. The molecule has 2 aromatic rings. The van der Waals surface area contributed by atoms with Gasteiger partial charge in [0.05, 0.1) is 30.4 Å². The van der Waals surface area contributed by atoms with Gasteiger partial charge in [0, 0.05) is 29.6 Å². The Hall–Kier alpha value is -3.12.